The van der Waals surface area contributed by atoms with E-state index in [4.69, 9.17) is 9.47 Å². The molecule has 0 heterocycles. The van der Waals surface area contributed by atoms with E-state index < -0.39 is 17.0 Å². The molecule has 1 aliphatic carbocycles. The van der Waals surface area contributed by atoms with E-state index in [0.29, 0.717) is 6.61 Å². The average Bonchev–Trinajstić information content (AvgIpc) is 3.29. The van der Waals surface area contributed by atoms with E-state index >= 15 is 0 Å². The molecule has 0 fully saturated rings. The molecule has 5 rings (SSSR count). The summed E-state index contributed by atoms with van der Waals surface area (Å²) in [6.07, 6.45) is 0.378. The molecule has 0 radical (unpaired) electrons. The fourth-order valence-corrected chi connectivity index (χ4v) is 6.84. The number of fused-ring (bicyclic) bond motifs is 3. The molecule has 0 saturated heterocycles. The predicted molar refractivity (Wildman–Crippen MR) is 150 cm³/mol. The third-order valence-corrected chi connectivity index (χ3v) is 9.24. The molecule has 0 saturated carbocycles. The molecular weight excluding hydrogens is 541 g/mol. The molecule has 2 atom stereocenters. The van der Waals surface area contributed by atoms with Crippen LogP contribution in [0.4, 0.5) is 4.79 Å². The standard InChI is InChI=1S/C32H29NO4Se/c34-19-31(38-24-13-5-2-6-14-24)30(22-36-20-23-11-3-1-4-12-23)33-32(35)37-21-29-27-17-9-7-15-25(27)26-16-8-10-18-28(26)29/h1-19,29-31H,20-22H2,(H,33,35)/t30-,31+/m0/s1. The second-order valence-electron chi connectivity index (χ2n) is 9.11. The summed E-state index contributed by atoms with van der Waals surface area (Å²) in [5.74, 6) is -0.0312. The van der Waals surface area contributed by atoms with E-state index in [0.717, 1.165) is 27.4 Å². The summed E-state index contributed by atoms with van der Waals surface area (Å²) < 4.78 is 12.8. The van der Waals surface area contributed by atoms with Crippen LogP contribution in [0.25, 0.3) is 11.1 Å². The maximum absolute atomic E-state index is 13.0. The van der Waals surface area contributed by atoms with Gasteiger partial charge in [0.25, 0.3) is 0 Å². The third-order valence-electron chi connectivity index (χ3n) is 6.60. The van der Waals surface area contributed by atoms with E-state index in [1.807, 2.05) is 84.9 Å². The molecule has 0 aromatic heterocycles. The van der Waals surface area contributed by atoms with Gasteiger partial charge in [-0.2, -0.15) is 0 Å². The molecular formula is C32H29NO4Se. The number of ether oxygens (including phenoxy) is 2. The molecule has 0 aliphatic heterocycles. The Morgan fingerprint density at radius 3 is 2.03 bits per heavy atom. The van der Waals surface area contributed by atoms with Crippen LogP contribution < -0.4 is 9.78 Å². The first-order chi connectivity index (χ1) is 18.7. The van der Waals surface area contributed by atoms with E-state index in [9.17, 15) is 9.59 Å². The van der Waals surface area contributed by atoms with Gasteiger partial charge in [0.2, 0.25) is 0 Å². The maximum atomic E-state index is 13.0. The number of amides is 1. The van der Waals surface area contributed by atoms with Crippen molar-refractivity contribution < 1.29 is 19.1 Å². The monoisotopic (exact) mass is 571 g/mol. The first kappa shape index (κ1) is 25.9. The van der Waals surface area contributed by atoms with Crippen LogP contribution in [0.1, 0.15) is 22.6 Å². The van der Waals surface area contributed by atoms with Crippen molar-refractivity contribution in [2.45, 2.75) is 23.4 Å². The molecule has 1 N–H and O–H groups in total. The number of alkyl carbamates (subject to hydrolysis) is 1. The van der Waals surface area contributed by atoms with E-state index in [2.05, 4.69) is 29.6 Å². The van der Waals surface area contributed by atoms with Crippen molar-refractivity contribution in [3.63, 3.8) is 0 Å². The minimum absolute atomic E-state index is 0.0312. The van der Waals surface area contributed by atoms with Crippen LogP contribution in [0.5, 0.6) is 0 Å². The summed E-state index contributed by atoms with van der Waals surface area (Å²) in [6.45, 7) is 0.817. The van der Waals surface area contributed by atoms with Crippen molar-refractivity contribution in [1.29, 1.82) is 0 Å². The van der Waals surface area contributed by atoms with Crippen LogP contribution in [0.3, 0.4) is 0 Å². The second kappa shape index (κ2) is 12.7. The van der Waals surface area contributed by atoms with Crippen LogP contribution in [0.15, 0.2) is 109 Å². The Hall–Kier alpha value is -3.70. The second-order valence-corrected chi connectivity index (χ2v) is 11.7. The van der Waals surface area contributed by atoms with Crippen molar-refractivity contribution in [2.24, 2.45) is 0 Å². The molecule has 6 heteroatoms. The number of rotatable bonds is 11. The number of hydrogen-bond acceptors (Lipinski definition) is 4. The van der Waals surface area contributed by atoms with Gasteiger partial charge in [0, 0.05) is 0 Å². The number of nitrogens with one attached hydrogen (secondary N) is 1. The zero-order valence-corrected chi connectivity index (χ0v) is 22.6. The van der Waals surface area contributed by atoms with Crippen molar-refractivity contribution in [3.05, 3.63) is 126 Å². The summed E-state index contributed by atoms with van der Waals surface area (Å²) >= 11 is -0.180. The molecule has 4 aromatic rings. The molecule has 38 heavy (non-hydrogen) atoms. The van der Waals surface area contributed by atoms with Crippen molar-refractivity contribution in [2.75, 3.05) is 13.2 Å². The fourth-order valence-electron chi connectivity index (χ4n) is 4.75. The van der Waals surface area contributed by atoms with Gasteiger partial charge < -0.3 is 0 Å². The number of carbonyl (C=O) groups excluding carboxylic acids is 2. The fraction of sp³-hybridized carbons (Fsp3) is 0.188. The Bertz CT molecular complexity index is 1320. The van der Waals surface area contributed by atoms with Crippen LogP contribution in [0.2, 0.25) is 4.82 Å². The number of hydrogen-bond donors (Lipinski definition) is 1. The van der Waals surface area contributed by atoms with Crippen LogP contribution >= 0.6 is 0 Å². The molecule has 0 unspecified atom stereocenters. The van der Waals surface area contributed by atoms with Crippen LogP contribution in [-0.4, -0.2) is 46.6 Å². The Morgan fingerprint density at radius 2 is 1.39 bits per heavy atom. The Kier molecular flexibility index (Phi) is 8.67. The molecule has 0 spiro atoms. The SMILES string of the molecule is O=C[C@@H]([Se]c1ccccc1)[C@H](COCc1ccccc1)NC(=O)OCC1c2ccccc2-c2ccccc21. The Labute approximate surface area is 229 Å². The first-order valence-electron chi connectivity index (χ1n) is 12.6. The van der Waals surface area contributed by atoms with Gasteiger partial charge in [0.1, 0.15) is 0 Å². The summed E-state index contributed by atoms with van der Waals surface area (Å²) in [6, 6.07) is 35.7. The quantitative estimate of drug-likeness (QED) is 0.201. The number of benzene rings is 4. The van der Waals surface area contributed by atoms with Crippen molar-refractivity contribution >= 4 is 31.8 Å². The van der Waals surface area contributed by atoms with Gasteiger partial charge in [-0.1, -0.05) is 0 Å². The van der Waals surface area contributed by atoms with Crippen LogP contribution in [-0.2, 0) is 20.9 Å². The zero-order chi connectivity index (χ0) is 26.2. The summed E-state index contributed by atoms with van der Waals surface area (Å²) in [7, 11) is 0. The summed E-state index contributed by atoms with van der Waals surface area (Å²) in [4.78, 5) is 24.8. The van der Waals surface area contributed by atoms with Crippen molar-refractivity contribution in [3.8, 4) is 11.1 Å². The molecule has 192 valence electrons. The van der Waals surface area contributed by atoms with E-state index in [1.165, 1.54) is 11.1 Å². The van der Waals surface area contributed by atoms with Crippen LogP contribution in [0, 0.1) is 0 Å². The predicted octanol–water partition coefficient (Wildman–Crippen LogP) is 5.13. The molecule has 1 amide bonds. The van der Waals surface area contributed by atoms with Gasteiger partial charge in [0.05, 0.1) is 0 Å². The normalized spacial score (nSPS) is 13.7. The van der Waals surface area contributed by atoms with E-state index in [-0.39, 0.29) is 34.1 Å². The van der Waals surface area contributed by atoms with Crippen molar-refractivity contribution in [1.82, 2.24) is 5.32 Å². The topological polar surface area (TPSA) is 64.6 Å². The molecule has 0 bridgehead atoms. The zero-order valence-electron chi connectivity index (χ0n) is 20.9. The average molecular weight is 571 g/mol. The Balaban J connectivity index is 1.26. The van der Waals surface area contributed by atoms with Gasteiger partial charge in [0.15, 0.2) is 0 Å². The third kappa shape index (κ3) is 6.22. The van der Waals surface area contributed by atoms with Gasteiger partial charge in [-0.15, -0.1) is 0 Å². The number of aldehydes is 1. The van der Waals surface area contributed by atoms with Gasteiger partial charge in [-0.05, 0) is 0 Å². The molecule has 1 aliphatic rings. The van der Waals surface area contributed by atoms with Gasteiger partial charge in [-0.25, -0.2) is 0 Å². The van der Waals surface area contributed by atoms with E-state index in [1.54, 1.807) is 0 Å². The molecule has 4 aromatic carbocycles. The molecule has 5 nitrogen and oxygen atoms in total. The summed E-state index contributed by atoms with van der Waals surface area (Å²) in [5, 5.41) is 2.94. The number of carbonyl (C=O) groups is 2. The first-order valence-corrected chi connectivity index (χ1v) is 14.5. The summed E-state index contributed by atoms with van der Waals surface area (Å²) in [5.41, 5.74) is 5.69. The minimum atomic E-state index is -0.545. The Morgan fingerprint density at radius 1 is 0.816 bits per heavy atom. The van der Waals surface area contributed by atoms with Gasteiger partial charge in [-0.3, -0.25) is 0 Å². The van der Waals surface area contributed by atoms with Gasteiger partial charge >= 0.3 is 230 Å².